The number of anilines is 2. The number of hydrogen-bond acceptors (Lipinski definition) is 7. The predicted molar refractivity (Wildman–Crippen MR) is 149 cm³/mol. The van der Waals surface area contributed by atoms with Crippen molar-refractivity contribution < 1.29 is 14.5 Å². The fraction of sp³-hybridized carbons (Fsp3) is 0.115. The van der Waals surface area contributed by atoms with Gasteiger partial charge in [-0.25, -0.2) is 4.98 Å². The quantitative estimate of drug-likeness (QED) is 0.130. The summed E-state index contributed by atoms with van der Waals surface area (Å²) >= 11 is 8.61. The number of carbonyl (C=O) groups excluding carboxylic acids is 2. The van der Waals surface area contributed by atoms with Gasteiger partial charge in [-0.1, -0.05) is 42.8 Å². The van der Waals surface area contributed by atoms with Crippen LogP contribution < -0.4 is 10.6 Å². The van der Waals surface area contributed by atoms with Gasteiger partial charge < -0.3 is 10.6 Å². The Bertz CT molecular complexity index is 1460. The third-order valence-electron chi connectivity index (χ3n) is 5.21. The lowest BCUT2D eigenvalue weighted by Gasteiger charge is -2.14. The van der Waals surface area contributed by atoms with Crippen molar-refractivity contribution in [1.29, 1.82) is 0 Å². The molecule has 0 radical (unpaired) electrons. The molecule has 0 aliphatic carbocycles. The topological polar surface area (TPSA) is 114 Å². The fourth-order valence-corrected chi connectivity index (χ4v) is 5.32. The van der Waals surface area contributed by atoms with Crippen molar-refractivity contribution in [3.05, 3.63) is 98.9 Å². The molecule has 0 bridgehead atoms. The first-order valence-electron chi connectivity index (χ1n) is 11.2. The highest BCUT2D eigenvalue weighted by atomic mass is 35.5. The average molecular weight is 553 g/mol. The maximum Gasteiger partial charge on any atom is 0.270 e. The Kier molecular flexibility index (Phi) is 8.54. The van der Waals surface area contributed by atoms with E-state index in [1.807, 2.05) is 25.1 Å². The van der Waals surface area contributed by atoms with E-state index < -0.39 is 10.2 Å². The highest BCUT2D eigenvalue weighted by Gasteiger charge is 2.20. The maximum atomic E-state index is 13.0. The summed E-state index contributed by atoms with van der Waals surface area (Å²) in [5.74, 6) is -0.487. The van der Waals surface area contributed by atoms with E-state index in [0.717, 1.165) is 4.90 Å². The van der Waals surface area contributed by atoms with Gasteiger partial charge in [-0.15, -0.1) is 23.1 Å². The van der Waals surface area contributed by atoms with Crippen LogP contribution in [-0.2, 0) is 4.79 Å². The first kappa shape index (κ1) is 26.3. The molecule has 3 aromatic carbocycles. The van der Waals surface area contributed by atoms with E-state index in [4.69, 9.17) is 11.6 Å². The zero-order chi connectivity index (χ0) is 26.4. The maximum absolute atomic E-state index is 13.0. The van der Waals surface area contributed by atoms with Gasteiger partial charge in [-0.05, 0) is 42.8 Å². The number of amides is 2. The van der Waals surface area contributed by atoms with Crippen molar-refractivity contribution in [2.24, 2.45) is 0 Å². The number of nitrogens with zero attached hydrogens (tertiary/aromatic N) is 2. The van der Waals surface area contributed by atoms with Crippen molar-refractivity contribution >= 4 is 63.0 Å². The molecular weight excluding hydrogens is 532 g/mol. The number of hydrogen-bond donors (Lipinski definition) is 2. The van der Waals surface area contributed by atoms with Crippen LogP contribution in [0.3, 0.4) is 0 Å². The van der Waals surface area contributed by atoms with Gasteiger partial charge in [0.15, 0.2) is 5.13 Å². The lowest BCUT2D eigenvalue weighted by atomic mass is 10.1. The zero-order valence-corrected chi connectivity index (χ0v) is 21.9. The number of non-ortho nitro benzene ring substituents is 1. The number of rotatable bonds is 9. The van der Waals surface area contributed by atoms with Gasteiger partial charge in [0.1, 0.15) is 0 Å². The highest BCUT2D eigenvalue weighted by Crippen LogP contribution is 2.31. The molecule has 0 spiro atoms. The first-order valence-corrected chi connectivity index (χ1v) is 13.3. The van der Waals surface area contributed by atoms with Crippen LogP contribution in [0.4, 0.5) is 16.5 Å². The molecule has 0 saturated heterocycles. The van der Waals surface area contributed by atoms with Gasteiger partial charge in [0.25, 0.3) is 11.6 Å². The minimum absolute atomic E-state index is 0.0236. The van der Waals surface area contributed by atoms with E-state index in [0.29, 0.717) is 39.1 Å². The third kappa shape index (κ3) is 6.94. The summed E-state index contributed by atoms with van der Waals surface area (Å²) < 4.78 is 0. The van der Waals surface area contributed by atoms with Crippen LogP contribution in [0, 0.1) is 10.1 Å². The molecule has 1 heterocycles. The molecule has 0 aliphatic rings. The van der Waals surface area contributed by atoms with Crippen LogP contribution in [0.5, 0.6) is 0 Å². The molecule has 2 N–H and O–H groups in total. The van der Waals surface area contributed by atoms with E-state index in [1.165, 1.54) is 35.2 Å². The van der Waals surface area contributed by atoms with E-state index in [2.05, 4.69) is 15.6 Å². The van der Waals surface area contributed by atoms with Crippen LogP contribution in [-0.4, -0.2) is 27.0 Å². The van der Waals surface area contributed by atoms with Crippen LogP contribution >= 0.6 is 34.7 Å². The Morgan fingerprint density at radius 1 is 1.08 bits per heavy atom. The summed E-state index contributed by atoms with van der Waals surface area (Å²) in [6.07, 6.45) is 0.568. The molecule has 4 rings (SSSR count). The molecule has 37 heavy (non-hydrogen) atoms. The smallest absolute Gasteiger partial charge is 0.270 e. The molecule has 0 saturated carbocycles. The lowest BCUT2D eigenvalue weighted by molar-refractivity contribution is -0.384. The normalized spacial score (nSPS) is 11.5. The van der Waals surface area contributed by atoms with Gasteiger partial charge >= 0.3 is 0 Å². The zero-order valence-electron chi connectivity index (χ0n) is 19.5. The van der Waals surface area contributed by atoms with Crippen LogP contribution in [0.1, 0.15) is 23.7 Å². The largest absolute Gasteiger partial charge is 0.322 e. The Balaban J connectivity index is 1.40. The van der Waals surface area contributed by atoms with Gasteiger partial charge in [0.2, 0.25) is 5.91 Å². The number of thioether (sulfide) groups is 1. The number of carbonyl (C=O) groups is 2. The first-order chi connectivity index (χ1) is 17.8. The summed E-state index contributed by atoms with van der Waals surface area (Å²) in [5, 5.41) is 19.0. The minimum atomic E-state index is -0.459. The lowest BCUT2D eigenvalue weighted by Crippen LogP contribution is -2.24. The second kappa shape index (κ2) is 12.0. The Hall–Kier alpha value is -3.73. The number of aromatic nitrogens is 1. The Morgan fingerprint density at radius 2 is 1.86 bits per heavy atom. The van der Waals surface area contributed by atoms with Crippen LogP contribution in [0.15, 0.2) is 83.1 Å². The van der Waals surface area contributed by atoms with E-state index in [1.54, 1.807) is 47.8 Å². The number of halogens is 1. The molecular formula is C26H21ClN4O4S2. The molecule has 0 fully saturated rings. The second-order valence-electron chi connectivity index (χ2n) is 7.84. The van der Waals surface area contributed by atoms with Crippen molar-refractivity contribution in [2.75, 3.05) is 10.6 Å². The average Bonchev–Trinajstić information content (AvgIpc) is 3.36. The number of benzene rings is 3. The molecule has 8 nitrogen and oxygen atoms in total. The predicted octanol–water partition coefficient (Wildman–Crippen LogP) is 7.13. The molecule has 1 unspecified atom stereocenters. The van der Waals surface area contributed by atoms with E-state index >= 15 is 0 Å². The molecule has 4 aromatic rings. The van der Waals surface area contributed by atoms with Gasteiger partial charge in [0.05, 0.1) is 15.9 Å². The Morgan fingerprint density at radius 3 is 2.62 bits per heavy atom. The molecule has 188 valence electrons. The van der Waals surface area contributed by atoms with Gasteiger partial charge in [-0.2, -0.15) is 0 Å². The third-order valence-corrected chi connectivity index (χ3v) is 7.56. The second-order valence-corrected chi connectivity index (χ2v) is 10.4. The molecule has 0 aliphatic heterocycles. The number of nitrogens with one attached hydrogen (secondary N) is 2. The summed E-state index contributed by atoms with van der Waals surface area (Å²) in [6, 6.07) is 20.2. The summed E-state index contributed by atoms with van der Waals surface area (Å²) in [4.78, 5) is 41.4. The Labute approximate surface area is 226 Å². The van der Waals surface area contributed by atoms with Crippen LogP contribution in [0.25, 0.3) is 11.3 Å². The molecule has 11 heteroatoms. The van der Waals surface area contributed by atoms with Crippen molar-refractivity contribution in [2.45, 2.75) is 23.5 Å². The van der Waals surface area contributed by atoms with Crippen molar-refractivity contribution in [3.8, 4) is 11.3 Å². The SMILES string of the molecule is CCC(Sc1cccc(NC(=O)c2cccc(Cl)c2)c1)C(=O)Nc1nc(-c2cccc([N+](=O)[O-])c2)cs1. The van der Waals surface area contributed by atoms with Gasteiger partial charge in [-0.3, -0.25) is 19.7 Å². The van der Waals surface area contributed by atoms with Crippen molar-refractivity contribution in [1.82, 2.24) is 4.98 Å². The van der Waals surface area contributed by atoms with Gasteiger partial charge in [0, 0.05) is 44.2 Å². The highest BCUT2D eigenvalue weighted by molar-refractivity contribution is 8.00. The molecule has 2 amide bonds. The van der Waals surface area contributed by atoms with Crippen LogP contribution in [0.2, 0.25) is 5.02 Å². The summed E-state index contributed by atoms with van der Waals surface area (Å²) in [6.45, 7) is 1.92. The van der Waals surface area contributed by atoms with E-state index in [9.17, 15) is 19.7 Å². The fourth-order valence-electron chi connectivity index (χ4n) is 3.40. The standard InChI is InChI=1S/C26H21ClN4O4S2/c1-2-23(25(33)30-26-29-22(15-36-26)16-6-4-10-20(13-16)31(34)35)37-21-11-5-9-19(14-21)28-24(32)17-7-3-8-18(27)12-17/h3-15,23H,2H2,1H3,(H,28,32)(H,29,30,33). The summed E-state index contributed by atoms with van der Waals surface area (Å²) in [7, 11) is 0. The number of thiazole rings is 1. The van der Waals surface area contributed by atoms with Crippen molar-refractivity contribution in [3.63, 3.8) is 0 Å². The van der Waals surface area contributed by atoms with E-state index in [-0.39, 0.29) is 17.5 Å². The number of nitro groups is 1. The monoisotopic (exact) mass is 552 g/mol. The molecule has 1 aromatic heterocycles. The minimum Gasteiger partial charge on any atom is -0.322 e. The number of nitro benzene ring substituents is 1. The summed E-state index contributed by atoms with van der Waals surface area (Å²) in [5.41, 5.74) is 2.18. The molecule has 1 atom stereocenters.